The zero-order chi connectivity index (χ0) is 20.5. The number of thiophene rings is 1. The molecule has 29 heavy (non-hydrogen) atoms. The maximum absolute atomic E-state index is 12.5. The van der Waals surface area contributed by atoms with Gasteiger partial charge in [0.25, 0.3) is 23.6 Å². The van der Waals surface area contributed by atoms with Crippen molar-refractivity contribution in [3.63, 3.8) is 0 Å². The first-order valence-electron chi connectivity index (χ1n) is 8.67. The molecule has 0 atom stereocenters. The lowest BCUT2D eigenvalue weighted by molar-refractivity contribution is 0.0692. The maximum Gasteiger partial charge on any atom is 0.265 e. The zero-order valence-electron chi connectivity index (χ0n) is 15.3. The summed E-state index contributed by atoms with van der Waals surface area (Å²) >= 11 is 1.34. The minimum atomic E-state index is -0.396. The molecule has 4 amide bonds. The summed E-state index contributed by atoms with van der Waals surface area (Å²) in [6.07, 6.45) is 0. The lowest BCUT2D eigenvalue weighted by atomic mass is 10.1. The first-order chi connectivity index (χ1) is 13.9. The number of carbonyl (C=O) groups excluding carboxylic acids is 4. The minimum Gasteiger partial charge on any atom is -0.322 e. The second-order valence-corrected chi connectivity index (χ2v) is 7.34. The highest BCUT2D eigenvalue weighted by Crippen LogP contribution is 2.25. The van der Waals surface area contributed by atoms with Crippen molar-refractivity contribution in [3.05, 3.63) is 81.5 Å². The van der Waals surface area contributed by atoms with Crippen LogP contribution in [0.15, 0.2) is 60.0 Å². The monoisotopic (exact) mass is 405 g/mol. The second kappa shape index (κ2) is 7.33. The van der Waals surface area contributed by atoms with Gasteiger partial charge in [0.2, 0.25) is 0 Å². The molecule has 0 radical (unpaired) electrons. The molecule has 1 aliphatic rings. The number of hydrogen-bond donors (Lipinski definition) is 2. The standard InChI is InChI=1S/C21H15N3O4S/c1-24-20(27)15-9-8-14(11-16(15)21(24)28)23-18(25)12-4-6-13(7-5-12)22-19(26)17-3-2-10-29-17/h2-11H,1H3,(H,22,26)(H,23,25). The summed E-state index contributed by atoms with van der Waals surface area (Å²) in [6, 6.07) is 14.6. The number of carbonyl (C=O) groups is 4. The van der Waals surface area contributed by atoms with Crippen LogP contribution in [0.2, 0.25) is 0 Å². The van der Waals surface area contributed by atoms with E-state index in [1.165, 1.54) is 30.5 Å². The molecule has 8 heteroatoms. The molecule has 4 rings (SSSR count). The van der Waals surface area contributed by atoms with Gasteiger partial charge in [-0.15, -0.1) is 11.3 Å². The van der Waals surface area contributed by atoms with Crippen LogP contribution in [0.25, 0.3) is 0 Å². The minimum absolute atomic E-state index is 0.209. The van der Waals surface area contributed by atoms with Crippen molar-refractivity contribution in [1.82, 2.24) is 4.90 Å². The van der Waals surface area contributed by atoms with Crippen LogP contribution >= 0.6 is 11.3 Å². The molecule has 1 aliphatic heterocycles. The van der Waals surface area contributed by atoms with E-state index < -0.39 is 5.91 Å². The largest absolute Gasteiger partial charge is 0.322 e. The summed E-state index contributed by atoms with van der Waals surface area (Å²) in [5.41, 5.74) is 1.97. The van der Waals surface area contributed by atoms with Crippen LogP contribution in [-0.2, 0) is 0 Å². The normalized spacial score (nSPS) is 12.7. The van der Waals surface area contributed by atoms with Crippen molar-refractivity contribution in [2.24, 2.45) is 0 Å². The molecule has 0 aliphatic carbocycles. The number of fused-ring (bicyclic) bond motifs is 1. The molecular weight excluding hydrogens is 390 g/mol. The van der Waals surface area contributed by atoms with Crippen LogP contribution in [0.5, 0.6) is 0 Å². The van der Waals surface area contributed by atoms with Gasteiger partial charge in [-0.1, -0.05) is 6.07 Å². The van der Waals surface area contributed by atoms with Crippen molar-refractivity contribution < 1.29 is 19.2 Å². The van der Waals surface area contributed by atoms with Crippen LogP contribution in [0, 0.1) is 0 Å². The fourth-order valence-electron chi connectivity index (χ4n) is 2.95. The Balaban J connectivity index is 1.45. The van der Waals surface area contributed by atoms with E-state index in [9.17, 15) is 19.2 Å². The Hall–Kier alpha value is -3.78. The number of nitrogens with one attached hydrogen (secondary N) is 2. The number of rotatable bonds is 4. The topological polar surface area (TPSA) is 95.6 Å². The van der Waals surface area contributed by atoms with Crippen LogP contribution < -0.4 is 10.6 Å². The van der Waals surface area contributed by atoms with Gasteiger partial charge in [-0.3, -0.25) is 24.1 Å². The molecule has 0 saturated heterocycles. The number of nitrogens with zero attached hydrogens (tertiary/aromatic N) is 1. The molecule has 0 fully saturated rings. The van der Waals surface area contributed by atoms with Crippen LogP contribution in [-0.4, -0.2) is 35.6 Å². The van der Waals surface area contributed by atoms with E-state index in [-0.39, 0.29) is 23.3 Å². The van der Waals surface area contributed by atoms with Gasteiger partial charge in [0.05, 0.1) is 16.0 Å². The smallest absolute Gasteiger partial charge is 0.265 e. The molecule has 7 nitrogen and oxygen atoms in total. The van der Waals surface area contributed by atoms with Crippen molar-refractivity contribution in [2.45, 2.75) is 0 Å². The summed E-state index contributed by atoms with van der Waals surface area (Å²) in [4.78, 5) is 50.2. The molecule has 2 heterocycles. The molecule has 1 aromatic heterocycles. The predicted octanol–water partition coefficient (Wildman–Crippen LogP) is 3.48. The summed E-state index contributed by atoms with van der Waals surface area (Å²) in [5, 5.41) is 7.30. The van der Waals surface area contributed by atoms with Crippen LogP contribution in [0.3, 0.4) is 0 Å². The van der Waals surface area contributed by atoms with E-state index in [0.29, 0.717) is 27.4 Å². The number of hydrogen-bond acceptors (Lipinski definition) is 5. The molecule has 2 aromatic carbocycles. The van der Waals surface area contributed by atoms with E-state index in [1.54, 1.807) is 42.5 Å². The molecule has 2 N–H and O–H groups in total. The van der Waals surface area contributed by atoms with Gasteiger partial charge in [0.1, 0.15) is 0 Å². The maximum atomic E-state index is 12.5. The summed E-state index contributed by atoms with van der Waals surface area (Å²) in [7, 11) is 1.42. The Morgan fingerprint density at radius 1 is 0.828 bits per heavy atom. The third kappa shape index (κ3) is 3.53. The molecule has 0 spiro atoms. The lowest BCUT2D eigenvalue weighted by Crippen LogP contribution is -2.24. The Morgan fingerprint density at radius 3 is 2.17 bits per heavy atom. The van der Waals surface area contributed by atoms with Crippen molar-refractivity contribution in [3.8, 4) is 0 Å². The van der Waals surface area contributed by atoms with Gasteiger partial charge >= 0.3 is 0 Å². The molecule has 0 bridgehead atoms. The molecule has 0 saturated carbocycles. The van der Waals surface area contributed by atoms with E-state index in [0.717, 1.165) is 4.90 Å². The summed E-state index contributed by atoms with van der Waals surface area (Å²) in [6.45, 7) is 0. The van der Waals surface area contributed by atoms with Crippen LogP contribution in [0.4, 0.5) is 11.4 Å². The highest BCUT2D eigenvalue weighted by Gasteiger charge is 2.32. The Kier molecular flexibility index (Phi) is 4.69. The number of anilines is 2. The van der Waals surface area contributed by atoms with Gasteiger partial charge in [-0.25, -0.2) is 0 Å². The third-order valence-corrected chi connectivity index (χ3v) is 5.37. The predicted molar refractivity (Wildman–Crippen MR) is 110 cm³/mol. The van der Waals surface area contributed by atoms with Gasteiger partial charge in [0, 0.05) is 24.0 Å². The zero-order valence-corrected chi connectivity index (χ0v) is 16.1. The van der Waals surface area contributed by atoms with Gasteiger partial charge < -0.3 is 10.6 Å². The first-order valence-corrected chi connectivity index (χ1v) is 9.55. The highest BCUT2D eigenvalue weighted by atomic mass is 32.1. The van der Waals surface area contributed by atoms with E-state index in [2.05, 4.69) is 10.6 Å². The van der Waals surface area contributed by atoms with Gasteiger partial charge in [0.15, 0.2) is 0 Å². The first kappa shape index (κ1) is 18.6. The van der Waals surface area contributed by atoms with E-state index in [1.807, 2.05) is 5.38 Å². The third-order valence-electron chi connectivity index (χ3n) is 4.50. The average Bonchev–Trinajstić information content (AvgIpc) is 3.33. The molecule has 144 valence electrons. The average molecular weight is 405 g/mol. The van der Waals surface area contributed by atoms with E-state index >= 15 is 0 Å². The molecular formula is C21H15N3O4S. The number of amides is 4. The van der Waals surface area contributed by atoms with Crippen LogP contribution in [0.1, 0.15) is 40.7 Å². The second-order valence-electron chi connectivity index (χ2n) is 6.39. The fourth-order valence-corrected chi connectivity index (χ4v) is 3.57. The number of imide groups is 1. The number of benzene rings is 2. The van der Waals surface area contributed by atoms with Crippen molar-refractivity contribution in [1.29, 1.82) is 0 Å². The Labute approximate surface area is 170 Å². The highest BCUT2D eigenvalue weighted by molar-refractivity contribution is 7.12. The lowest BCUT2D eigenvalue weighted by Gasteiger charge is -2.08. The quantitative estimate of drug-likeness (QED) is 0.650. The Morgan fingerprint density at radius 2 is 1.48 bits per heavy atom. The van der Waals surface area contributed by atoms with Gasteiger partial charge in [-0.05, 0) is 53.9 Å². The van der Waals surface area contributed by atoms with Gasteiger partial charge in [-0.2, -0.15) is 0 Å². The molecule has 0 unspecified atom stereocenters. The molecule has 3 aromatic rings. The van der Waals surface area contributed by atoms with Crippen molar-refractivity contribution >= 4 is 46.3 Å². The fraction of sp³-hybridized carbons (Fsp3) is 0.0476. The van der Waals surface area contributed by atoms with Crippen molar-refractivity contribution in [2.75, 3.05) is 17.7 Å². The summed E-state index contributed by atoms with van der Waals surface area (Å²) < 4.78 is 0. The Bertz CT molecular complexity index is 1140. The SMILES string of the molecule is CN1C(=O)c2ccc(NC(=O)c3ccc(NC(=O)c4cccs4)cc3)cc2C1=O. The van der Waals surface area contributed by atoms with E-state index in [4.69, 9.17) is 0 Å². The summed E-state index contributed by atoms with van der Waals surface area (Å²) in [5.74, 6) is -1.33.